The van der Waals surface area contributed by atoms with E-state index < -0.39 is 0 Å². The lowest BCUT2D eigenvalue weighted by molar-refractivity contribution is -0.106. The fourth-order valence-electron chi connectivity index (χ4n) is 18.8. The van der Waals surface area contributed by atoms with Crippen LogP contribution in [0.25, 0.3) is 49.3 Å². The smallest absolute Gasteiger partial charge is 0.199 e. The number of benzene rings is 6. The lowest BCUT2D eigenvalue weighted by atomic mass is 9.72. The molecule has 0 saturated carbocycles. The number of hydrogen-bond acceptors (Lipinski definition) is 6. The minimum Gasteiger partial charge on any atom is -0.464 e. The second-order valence-corrected chi connectivity index (χ2v) is 44.7. The first kappa shape index (κ1) is 89.3. The Morgan fingerprint density at radius 3 is 0.935 bits per heavy atom. The molecular weight excluding hydrogens is 1420 g/mol. The molecule has 2 aromatic heterocycles. The summed E-state index contributed by atoms with van der Waals surface area (Å²) in [5, 5.41) is 11.2. The van der Waals surface area contributed by atoms with Crippen LogP contribution >= 0.6 is 22.6 Å². The number of nitrogens with one attached hydrogen (secondary N) is 3. The van der Waals surface area contributed by atoms with Crippen molar-refractivity contribution in [3.8, 4) is 17.2 Å². The minimum atomic E-state index is -0.230. The van der Waals surface area contributed by atoms with Crippen LogP contribution in [0.4, 0.5) is 0 Å². The van der Waals surface area contributed by atoms with E-state index in [1.54, 1.807) is 0 Å². The van der Waals surface area contributed by atoms with Crippen LogP contribution in [0.15, 0.2) is 109 Å². The van der Waals surface area contributed by atoms with Crippen LogP contribution in [-0.2, 0) is 42.0 Å². The topological polar surface area (TPSA) is 81.7 Å². The Morgan fingerprint density at radius 1 is 0.355 bits per heavy atom. The van der Waals surface area contributed by atoms with E-state index in [-0.39, 0.29) is 61.3 Å². The summed E-state index contributed by atoms with van der Waals surface area (Å²) in [7, 11) is 3.88. The average molecular weight is 1580 g/mol. The van der Waals surface area contributed by atoms with Gasteiger partial charge in [0.2, 0.25) is 0 Å². The third-order valence-electron chi connectivity index (χ3n) is 21.4. The lowest BCUT2D eigenvalue weighted by Crippen LogP contribution is -2.27. The number of halogens is 1. The number of aromatic amines is 1. The van der Waals surface area contributed by atoms with E-state index in [4.69, 9.17) is 18.9 Å². The van der Waals surface area contributed by atoms with Gasteiger partial charge >= 0.3 is 0 Å². The molecule has 0 spiro atoms. The van der Waals surface area contributed by atoms with Crippen LogP contribution < -0.4 is 20.1 Å². The Bertz CT molecular complexity index is 4020. The number of rotatable bonds is 20. The van der Waals surface area contributed by atoms with Gasteiger partial charge in [0.15, 0.2) is 12.6 Å². The van der Waals surface area contributed by atoms with Crippen molar-refractivity contribution < 1.29 is 18.9 Å². The zero-order valence-corrected chi connectivity index (χ0v) is 76.0. The second-order valence-electron chi connectivity index (χ2n) is 43.5. The van der Waals surface area contributed by atoms with Crippen LogP contribution in [0.1, 0.15) is 318 Å². The van der Waals surface area contributed by atoms with Crippen molar-refractivity contribution in [2.24, 2.45) is 32.5 Å². The fourth-order valence-corrected chi connectivity index (χ4v) is 19.5. The summed E-state index contributed by atoms with van der Waals surface area (Å²) >= 11 is 2.38. The Morgan fingerprint density at radius 2 is 0.636 bits per heavy atom. The maximum Gasteiger partial charge on any atom is 0.199 e. The number of nitrogens with zero attached hydrogens (tertiary/aromatic N) is 1. The molecule has 594 valence electrons. The molecule has 0 aliphatic carbocycles. The monoisotopic (exact) mass is 1580 g/mol. The molecule has 2 fully saturated rings. The van der Waals surface area contributed by atoms with E-state index in [0.717, 1.165) is 114 Å². The normalized spacial score (nSPS) is 16.5. The first-order chi connectivity index (χ1) is 49.0. The van der Waals surface area contributed by atoms with Gasteiger partial charge in [0.25, 0.3) is 0 Å². The molecule has 6 aromatic carbocycles. The first-order valence-corrected chi connectivity index (χ1v) is 42.1. The van der Waals surface area contributed by atoms with E-state index in [0.29, 0.717) is 16.2 Å². The van der Waals surface area contributed by atoms with Crippen LogP contribution in [0.3, 0.4) is 0 Å². The molecule has 9 heteroatoms. The highest BCUT2D eigenvalue weighted by Gasteiger charge is 2.36. The van der Waals surface area contributed by atoms with E-state index in [2.05, 4.69) is 360 Å². The zero-order valence-electron chi connectivity index (χ0n) is 73.8. The summed E-state index contributed by atoms with van der Waals surface area (Å²) in [6.07, 6.45) is 12.9. The summed E-state index contributed by atoms with van der Waals surface area (Å²) in [6.45, 7) is 74.3. The summed E-state index contributed by atoms with van der Waals surface area (Å²) in [4.78, 5) is 3.73. The van der Waals surface area contributed by atoms with Crippen LogP contribution in [0, 0.1) is 36.1 Å². The number of hydrogen-bond donors (Lipinski definition) is 3. The number of ether oxygens (including phenoxy) is 4. The molecule has 8 aromatic rings. The molecule has 8 nitrogen and oxygen atoms in total. The molecule has 0 amide bonds. The predicted molar refractivity (Wildman–Crippen MR) is 475 cm³/mol. The number of likely N-dealkylation sites (N-methyl/N-ethyl adjacent to an activating group) is 2. The second kappa shape index (κ2) is 34.6. The van der Waals surface area contributed by atoms with Crippen molar-refractivity contribution in [1.29, 1.82) is 0 Å². The molecule has 10 rings (SSSR count). The first-order valence-electron chi connectivity index (χ1n) is 41.0. The van der Waals surface area contributed by atoms with Crippen molar-refractivity contribution in [2.45, 2.75) is 330 Å². The highest BCUT2D eigenvalue weighted by atomic mass is 127. The standard InChI is InChI=1S/C47H69NO2.C28H41N.C19H29IO2.C4H12N2/c1-42(2,3)29-45(10,11)32-19-22-35-36-23-20-33(46(12,13)30-43(4,5)6)27-38(36)48(37(35)26-32)39-28-34(47(14,15)31-44(7,8)9)21-24-40(39)50-41-18-16-17-25-49-41;1-25(2,3)17-27(7,8)19-11-13-21-22-14-12-20(16-24(22)29-23(21)15-19)28(9,10)18-26(4,5)6;1-18(2,3)13-19(4,5)14-9-10-16(15(20)12-14)22-17-8-6-7-11-21-17;1-5-3-4-6-2/h19-24,26-28,41H,16-18,25,29-31H2,1-15H3;11-16,29H,17-18H2,1-10H3;9-10,12,17H,6-8,11,13H2,1-5H3;5-6H,3-4H2,1-2H3. The van der Waals surface area contributed by atoms with Gasteiger partial charge in [0.1, 0.15) is 11.5 Å². The molecule has 3 N–H and O–H groups in total. The molecule has 107 heavy (non-hydrogen) atoms. The zero-order chi connectivity index (χ0) is 80.1. The van der Waals surface area contributed by atoms with Gasteiger partial charge in [-0.3, -0.25) is 0 Å². The Balaban J connectivity index is 0.000000235. The van der Waals surface area contributed by atoms with Gasteiger partial charge in [-0.15, -0.1) is 0 Å². The van der Waals surface area contributed by atoms with Crippen molar-refractivity contribution in [3.63, 3.8) is 0 Å². The van der Waals surface area contributed by atoms with Gasteiger partial charge in [-0.1, -0.05) is 268 Å². The van der Waals surface area contributed by atoms with Crippen molar-refractivity contribution >= 4 is 66.2 Å². The molecule has 0 radical (unpaired) electrons. The Hall–Kier alpha value is -4.91. The number of aromatic nitrogens is 2. The van der Waals surface area contributed by atoms with E-state index in [1.807, 2.05) is 14.1 Å². The quantitative estimate of drug-likeness (QED) is 0.0521. The van der Waals surface area contributed by atoms with E-state index in [9.17, 15) is 0 Å². The third-order valence-corrected chi connectivity index (χ3v) is 22.3. The van der Waals surface area contributed by atoms with Gasteiger partial charge in [-0.05, 0) is 248 Å². The molecule has 2 aliphatic heterocycles. The maximum absolute atomic E-state index is 6.86. The van der Waals surface area contributed by atoms with Crippen LogP contribution in [-0.4, -0.2) is 62.5 Å². The molecule has 0 bridgehead atoms. The predicted octanol–water partition coefficient (Wildman–Crippen LogP) is 27.9. The van der Waals surface area contributed by atoms with Gasteiger partial charge in [0.05, 0.1) is 33.5 Å². The summed E-state index contributed by atoms with van der Waals surface area (Å²) in [5.74, 6) is 1.84. The number of fused-ring (bicyclic) bond motifs is 6. The minimum absolute atomic E-state index is 0.0133. The van der Waals surface area contributed by atoms with Gasteiger partial charge in [-0.25, -0.2) is 0 Å². The maximum atomic E-state index is 6.86. The van der Waals surface area contributed by atoms with Gasteiger partial charge in [-0.2, -0.15) is 0 Å². The summed E-state index contributed by atoms with van der Waals surface area (Å²) in [5.41, 5.74) is 16.4. The largest absolute Gasteiger partial charge is 0.464 e. The van der Waals surface area contributed by atoms with Crippen molar-refractivity contribution in [3.05, 3.63) is 146 Å². The highest BCUT2D eigenvalue weighted by Crippen LogP contribution is 2.48. The van der Waals surface area contributed by atoms with E-state index >= 15 is 0 Å². The summed E-state index contributed by atoms with van der Waals surface area (Å²) in [6, 6.07) is 42.1. The summed E-state index contributed by atoms with van der Waals surface area (Å²) < 4.78 is 28.4. The van der Waals surface area contributed by atoms with Crippen LogP contribution in [0.2, 0.25) is 0 Å². The fraction of sp³-hybridized carbons (Fsp3) is 0.633. The Labute approximate surface area is 666 Å². The van der Waals surface area contributed by atoms with Crippen molar-refractivity contribution in [1.82, 2.24) is 20.2 Å². The van der Waals surface area contributed by atoms with Gasteiger partial charge < -0.3 is 39.1 Å². The van der Waals surface area contributed by atoms with E-state index in [1.165, 1.54) is 87.0 Å². The third kappa shape index (κ3) is 25.8. The van der Waals surface area contributed by atoms with Gasteiger partial charge in [0, 0.05) is 58.5 Å². The molecule has 4 heterocycles. The highest BCUT2D eigenvalue weighted by molar-refractivity contribution is 14.1. The number of H-pyrrole nitrogens is 1. The lowest BCUT2D eigenvalue weighted by Gasteiger charge is -2.34. The molecule has 2 unspecified atom stereocenters. The average Bonchev–Trinajstić information content (AvgIpc) is 1.60. The SMILES string of the molecule is CC(C)(C)CC(C)(C)c1ccc(OC2CCCCO2)c(-n2c3cc(C(C)(C)CC(C)(C)C)ccc3c3ccc(C(C)(C)CC(C)(C)C)cc32)c1.CC(C)(C)CC(C)(C)c1ccc(OC2CCCCO2)c(I)c1.CC(C)(C)CC(C)(C)c1ccc2c(c1)[nH]c1cc(C(C)(C)CC(C)(C)C)ccc12.CNCCNC. The molecular formula is C98H151IN4O4. The molecule has 2 atom stereocenters. The van der Waals surface area contributed by atoms with Crippen LogP contribution in [0.5, 0.6) is 11.5 Å². The molecule has 2 aliphatic rings. The Kier molecular flexibility index (Phi) is 28.9. The van der Waals surface area contributed by atoms with Crippen molar-refractivity contribution in [2.75, 3.05) is 40.4 Å². The molecule has 2 saturated heterocycles.